The van der Waals surface area contributed by atoms with E-state index in [0.717, 1.165) is 17.0 Å². The molecule has 0 saturated carbocycles. The first-order chi connectivity index (χ1) is 13.2. The zero-order valence-electron chi connectivity index (χ0n) is 15.3. The van der Waals surface area contributed by atoms with E-state index in [1.807, 2.05) is 0 Å². The molecule has 2 heterocycles. The maximum absolute atomic E-state index is 14.7. The van der Waals surface area contributed by atoms with Crippen molar-refractivity contribution in [2.24, 2.45) is 0 Å². The molecule has 1 aromatic rings. The van der Waals surface area contributed by atoms with Crippen molar-refractivity contribution in [3.63, 3.8) is 0 Å². The van der Waals surface area contributed by atoms with E-state index in [9.17, 15) is 22.0 Å². The highest BCUT2D eigenvalue weighted by Gasteiger charge is 2.34. The van der Waals surface area contributed by atoms with Crippen molar-refractivity contribution in [1.29, 1.82) is 0 Å². The van der Waals surface area contributed by atoms with E-state index < -0.39 is 33.7 Å². The zero-order valence-corrected chi connectivity index (χ0v) is 16.9. The van der Waals surface area contributed by atoms with Gasteiger partial charge in [0.05, 0.1) is 35.3 Å². The zero-order chi connectivity index (χ0) is 20.5. The Labute approximate surface area is 167 Å². The molecule has 2 saturated heterocycles. The molecule has 1 N–H and O–H groups in total. The lowest BCUT2D eigenvalue weighted by Crippen LogP contribution is -2.33. The Bertz CT molecular complexity index is 871. The molecule has 0 aromatic heterocycles. The molecule has 7 nitrogen and oxygen atoms in total. The second kappa shape index (κ2) is 8.16. The topological polar surface area (TPSA) is 79.0 Å². The van der Waals surface area contributed by atoms with E-state index in [2.05, 4.69) is 5.32 Å². The molecule has 2 aliphatic heterocycles. The summed E-state index contributed by atoms with van der Waals surface area (Å²) >= 11 is 4.91. The first-order valence-electron chi connectivity index (χ1n) is 8.83. The standard InChI is InChI=1S/C17H21F2N3O4S2/c1-11(27)20-9-13-10-22(17(23)26-13)12-7-14(18)16(15(19)8-12)21-3-2-5-28(24,25)6-4-21/h7-8,13H,2-6,9-10H2,1H3,(H,20,27). The Hall–Kier alpha value is -2.01. The summed E-state index contributed by atoms with van der Waals surface area (Å²) in [6, 6.07) is 2.14. The number of sulfone groups is 1. The summed E-state index contributed by atoms with van der Waals surface area (Å²) in [6.45, 7) is 2.40. The predicted octanol–water partition coefficient (Wildman–Crippen LogP) is 1.85. The number of halogens is 2. The van der Waals surface area contributed by atoms with Gasteiger partial charge in [0.15, 0.2) is 21.5 Å². The molecule has 0 aliphatic carbocycles. The van der Waals surface area contributed by atoms with Crippen LogP contribution in [0, 0.1) is 11.6 Å². The second-order valence-electron chi connectivity index (χ2n) is 6.80. The summed E-state index contributed by atoms with van der Waals surface area (Å²) < 4.78 is 58.1. The van der Waals surface area contributed by atoms with Gasteiger partial charge in [-0.3, -0.25) is 4.90 Å². The minimum absolute atomic E-state index is 0.00105. The molecule has 1 unspecified atom stereocenters. The van der Waals surface area contributed by atoms with Crippen LogP contribution in [0.1, 0.15) is 13.3 Å². The maximum Gasteiger partial charge on any atom is 0.414 e. The number of hydrogen-bond acceptors (Lipinski definition) is 6. The number of carbonyl (C=O) groups excluding carboxylic acids is 1. The molecule has 0 bridgehead atoms. The largest absolute Gasteiger partial charge is 0.442 e. The molecule has 2 aliphatic rings. The molecular formula is C17H21F2N3O4S2. The van der Waals surface area contributed by atoms with Gasteiger partial charge >= 0.3 is 6.09 Å². The van der Waals surface area contributed by atoms with Crippen molar-refractivity contribution >= 4 is 44.5 Å². The van der Waals surface area contributed by atoms with E-state index in [-0.39, 0.29) is 42.5 Å². The number of benzene rings is 1. The number of carbonyl (C=O) groups is 1. The van der Waals surface area contributed by atoms with Gasteiger partial charge in [-0.05, 0) is 13.3 Å². The molecule has 3 rings (SSSR count). The minimum Gasteiger partial charge on any atom is -0.442 e. The van der Waals surface area contributed by atoms with E-state index in [4.69, 9.17) is 17.0 Å². The smallest absolute Gasteiger partial charge is 0.414 e. The summed E-state index contributed by atoms with van der Waals surface area (Å²) in [6.07, 6.45) is -0.886. The molecule has 28 heavy (non-hydrogen) atoms. The molecule has 154 valence electrons. The van der Waals surface area contributed by atoms with Crippen LogP contribution < -0.4 is 15.1 Å². The van der Waals surface area contributed by atoms with Gasteiger partial charge in [0.2, 0.25) is 0 Å². The van der Waals surface area contributed by atoms with Crippen molar-refractivity contribution in [2.75, 3.05) is 47.5 Å². The SMILES string of the molecule is CC(=S)NCC1CN(c2cc(F)c(N3CCCS(=O)(=O)CC3)c(F)c2)C(=O)O1. The number of rotatable bonds is 4. The van der Waals surface area contributed by atoms with Gasteiger partial charge < -0.3 is 15.0 Å². The molecular weight excluding hydrogens is 412 g/mol. The number of amides is 1. The third-order valence-corrected chi connectivity index (χ3v) is 6.50. The van der Waals surface area contributed by atoms with Crippen LogP contribution in [-0.2, 0) is 14.6 Å². The van der Waals surface area contributed by atoms with Gasteiger partial charge in [-0.25, -0.2) is 22.0 Å². The number of anilines is 2. The molecule has 1 atom stereocenters. The van der Waals surface area contributed by atoms with Gasteiger partial charge in [0, 0.05) is 25.2 Å². The first-order valence-corrected chi connectivity index (χ1v) is 11.1. The van der Waals surface area contributed by atoms with Crippen LogP contribution in [0.25, 0.3) is 0 Å². The number of nitrogens with zero attached hydrogens (tertiary/aromatic N) is 2. The van der Waals surface area contributed by atoms with Gasteiger partial charge in [-0.2, -0.15) is 0 Å². The average Bonchev–Trinajstić information content (AvgIpc) is 2.87. The third-order valence-electron chi connectivity index (χ3n) is 4.64. The van der Waals surface area contributed by atoms with Crippen molar-refractivity contribution in [1.82, 2.24) is 5.32 Å². The van der Waals surface area contributed by atoms with Crippen LogP contribution in [-0.4, -0.2) is 63.3 Å². The molecule has 2 fully saturated rings. The van der Waals surface area contributed by atoms with Crippen molar-refractivity contribution in [3.8, 4) is 0 Å². The number of nitrogens with one attached hydrogen (secondary N) is 1. The molecule has 1 aromatic carbocycles. The van der Waals surface area contributed by atoms with Gasteiger partial charge in [0.25, 0.3) is 0 Å². The fourth-order valence-corrected chi connectivity index (χ4v) is 4.62. The molecule has 1 amide bonds. The van der Waals surface area contributed by atoms with Crippen molar-refractivity contribution in [2.45, 2.75) is 19.4 Å². The summed E-state index contributed by atoms with van der Waals surface area (Å²) in [7, 11) is -3.20. The normalized spacial score (nSPS) is 22.0. The quantitative estimate of drug-likeness (QED) is 0.726. The van der Waals surface area contributed by atoms with Crippen LogP contribution in [0.3, 0.4) is 0 Å². The fourth-order valence-electron chi connectivity index (χ4n) is 3.27. The lowest BCUT2D eigenvalue weighted by atomic mass is 10.2. The Morgan fingerprint density at radius 2 is 1.96 bits per heavy atom. The Morgan fingerprint density at radius 3 is 2.61 bits per heavy atom. The predicted molar refractivity (Wildman–Crippen MR) is 106 cm³/mol. The lowest BCUT2D eigenvalue weighted by Gasteiger charge is -2.24. The summed E-state index contributed by atoms with van der Waals surface area (Å²) in [5.41, 5.74) is -0.226. The highest BCUT2D eigenvalue weighted by atomic mass is 32.2. The van der Waals surface area contributed by atoms with Gasteiger partial charge in [0.1, 0.15) is 11.8 Å². The van der Waals surface area contributed by atoms with Crippen LogP contribution in [0.5, 0.6) is 0 Å². The number of thiocarbonyl (C=S) groups is 1. The number of hydrogen-bond donors (Lipinski definition) is 1. The fraction of sp³-hybridized carbons (Fsp3) is 0.529. The van der Waals surface area contributed by atoms with E-state index in [1.54, 1.807) is 6.92 Å². The summed E-state index contributed by atoms with van der Waals surface area (Å²) in [5.74, 6) is -1.85. The van der Waals surface area contributed by atoms with E-state index >= 15 is 0 Å². The van der Waals surface area contributed by atoms with Crippen molar-refractivity contribution < 1.29 is 26.7 Å². The van der Waals surface area contributed by atoms with Gasteiger partial charge in [-0.1, -0.05) is 12.2 Å². The van der Waals surface area contributed by atoms with Crippen LogP contribution in [0.2, 0.25) is 0 Å². The van der Waals surface area contributed by atoms with E-state index in [0.29, 0.717) is 18.0 Å². The third kappa shape index (κ3) is 4.69. The second-order valence-corrected chi connectivity index (χ2v) is 9.72. The van der Waals surface area contributed by atoms with Crippen LogP contribution in [0.15, 0.2) is 12.1 Å². The minimum atomic E-state index is -3.20. The molecule has 0 radical (unpaired) electrons. The Morgan fingerprint density at radius 1 is 1.29 bits per heavy atom. The number of ether oxygens (including phenoxy) is 1. The highest BCUT2D eigenvalue weighted by Crippen LogP contribution is 2.31. The average molecular weight is 434 g/mol. The van der Waals surface area contributed by atoms with Crippen molar-refractivity contribution in [3.05, 3.63) is 23.8 Å². The molecule has 0 spiro atoms. The summed E-state index contributed by atoms with van der Waals surface area (Å²) in [5, 5.41) is 2.89. The van der Waals surface area contributed by atoms with Crippen LogP contribution >= 0.6 is 12.2 Å². The lowest BCUT2D eigenvalue weighted by molar-refractivity contribution is 0.143. The first kappa shape index (κ1) is 20.7. The van der Waals surface area contributed by atoms with Gasteiger partial charge in [-0.15, -0.1) is 0 Å². The Kier molecular flexibility index (Phi) is 6.04. The molecule has 11 heteroatoms. The van der Waals surface area contributed by atoms with Crippen LogP contribution in [0.4, 0.5) is 25.0 Å². The Balaban J connectivity index is 1.78. The monoisotopic (exact) mass is 433 g/mol. The van der Waals surface area contributed by atoms with E-state index in [1.165, 1.54) is 4.90 Å². The maximum atomic E-state index is 14.7. The number of cyclic esters (lactones) is 1. The highest BCUT2D eigenvalue weighted by molar-refractivity contribution is 7.91. The summed E-state index contributed by atoms with van der Waals surface area (Å²) in [4.78, 5) is 15.2.